The number of hydrogen-bond donors (Lipinski definition) is 2. The number of hydrogen-bond acceptors (Lipinski definition) is 9. The van der Waals surface area contributed by atoms with Crippen molar-refractivity contribution >= 4 is 49.2 Å². The monoisotopic (exact) mass is 754 g/mol. The number of carboxylic acid groups (broad SMARTS) is 1. The molecule has 0 spiro atoms. The van der Waals surface area contributed by atoms with Gasteiger partial charge in [-0.15, -0.1) is 0 Å². The molecule has 52 heavy (non-hydrogen) atoms. The molecule has 2 aromatic rings. The Hall–Kier alpha value is -4.11. The standard InChI is InChI=1S/C38H49N3O9S2/c1-37(2)29-25-27(51(45,46)47)19-21-31(29)40(5)33(37)15-9-6-10-16-34-38(3,4)30-26-28(52(48,49)50)20-22-32(30)41(34)24-14-8-11-17-35(42)39-23-13-7-12-18-36(43)44/h6,9-10,15-16,19-22,25-26H,7-8,11-14,17-18,23-24H2,1-5H3,(H3-,39,42,43,44,45,46,47,48,49,50)/p-1. The Kier molecular flexibility index (Phi) is 12.7. The number of rotatable bonds is 17. The summed E-state index contributed by atoms with van der Waals surface area (Å²) in [6.45, 7) is 9.02. The van der Waals surface area contributed by atoms with Crippen molar-refractivity contribution in [3.63, 3.8) is 0 Å². The van der Waals surface area contributed by atoms with Gasteiger partial charge in [0.2, 0.25) is 11.6 Å². The largest absolute Gasteiger partial charge is 0.744 e. The van der Waals surface area contributed by atoms with Crippen LogP contribution in [0.1, 0.15) is 90.2 Å². The normalized spacial score (nSPS) is 17.4. The fraction of sp³-hybridized carbons (Fsp3) is 0.447. The van der Waals surface area contributed by atoms with Crippen molar-refractivity contribution in [2.45, 2.75) is 99.7 Å². The molecule has 282 valence electrons. The maximum atomic E-state index is 12.3. The summed E-state index contributed by atoms with van der Waals surface area (Å²) in [7, 11) is -7.37. The van der Waals surface area contributed by atoms with Crippen molar-refractivity contribution < 1.29 is 45.2 Å². The van der Waals surface area contributed by atoms with Crippen LogP contribution in [0.15, 0.2) is 82.3 Å². The molecule has 0 saturated carbocycles. The Bertz CT molecular complexity index is 2040. The minimum Gasteiger partial charge on any atom is -0.744 e. The van der Waals surface area contributed by atoms with E-state index in [1.54, 1.807) is 12.1 Å². The van der Waals surface area contributed by atoms with E-state index in [0.29, 0.717) is 32.4 Å². The number of nitrogens with zero attached hydrogens (tertiary/aromatic N) is 2. The van der Waals surface area contributed by atoms with E-state index < -0.39 is 37.0 Å². The predicted molar refractivity (Wildman–Crippen MR) is 197 cm³/mol. The molecule has 1 amide bonds. The topological polar surface area (TPSA) is 187 Å². The second-order valence-electron chi connectivity index (χ2n) is 14.3. The van der Waals surface area contributed by atoms with Crippen LogP contribution in [0.5, 0.6) is 0 Å². The summed E-state index contributed by atoms with van der Waals surface area (Å²) in [5.74, 6) is -0.854. The van der Waals surface area contributed by atoms with Gasteiger partial charge in [0, 0.05) is 60.4 Å². The fourth-order valence-corrected chi connectivity index (χ4v) is 8.00. The molecule has 2 heterocycles. The Morgan fingerprint density at radius 2 is 1.42 bits per heavy atom. The predicted octanol–water partition coefficient (Wildman–Crippen LogP) is 5.62. The van der Waals surface area contributed by atoms with Crippen LogP contribution in [0.2, 0.25) is 0 Å². The van der Waals surface area contributed by atoms with Crippen molar-refractivity contribution in [2.24, 2.45) is 0 Å². The number of nitrogens with one attached hydrogen (secondary N) is 1. The van der Waals surface area contributed by atoms with Crippen LogP contribution in [0.4, 0.5) is 11.4 Å². The molecule has 0 atom stereocenters. The first-order valence-electron chi connectivity index (χ1n) is 17.4. The average molecular weight is 755 g/mol. The lowest BCUT2D eigenvalue weighted by Crippen LogP contribution is -2.27. The highest BCUT2D eigenvalue weighted by molar-refractivity contribution is 7.86. The van der Waals surface area contributed by atoms with Crippen LogP contribution in [-0.4, -0.2) is 73.3 Å². The van der Waals surface area contributed by atoms with E-state index in [1.165, 1.54) is 24.3 Å². The molecular formula is C38H48N3O9S2-. The first-order valence-corrected chi connectivity index (χ1v) is 20.2. The minimum atomic E-state index is -4.66. The summed E-state index contributed by atoms with van der Waals surface area (Å²) in [4.78, 5) is 24.5. The SMILES string of the molecule is C[N+]1=C(/C=C/C=C/C=C2/N(CCCCCC(=O)NCCCCCC(=O)O)c3ccc(S(=O)(=O)[O-])cc3C2(C)C)C(C)(C)c2cc(S(=O)(=O)[O-])ccc21. The molecule has 2 N–H and O–H groups in total. The molecule has 0 aliphatic carbocycles. The molecule has 12 nitrogen and oxygen atoms in total. The lowest BCUT2D eigenvalue weighted by Gasteiger charge is -2.27. The van der Waals surface area contributed by atoms with Gasteiger partial charge in [-0.1, -0.05) is 44.9 Å². The van der Waals surface area contributed by atoms with E-state index in [4.69, 9.17) is 5.11 Å². The highest BCUT2D eigenvalue weighted by atomic mass is 32.2. The molecule has 0 fully saturated rings. The van der Waals surface area contributed by atoms with Gasteiger partial charge in [0.25, 0.3) is 0 Å². The van der Waals surface area contributed by atoms with E-state index in [2.05, 4.69) is 10.2 Å². The summed E-state index contributed by atoms with van der Waals surface area (Å²) in [5, 5.41) is 11.6. The number of carbonyl (C=O) groups excluding carboxylic acids is 1. The van der Waals surface area contributed by atoms with Gasteiger partial charge in [-0.2, -0.15) is 4.58 Å². The average Bonchev–Trinajstić information content (AvgIpc) is 3.38. The number of allylic oxidation sites excluding steroid dienone is 6. The molecule has 2 aliphatic rings. The first kappa shape index (κ1) is 40.7. The summed E-state index contributed by atoms with van der Waals surface area (Å²) >= 11 is 0. The number of unbranched alkanes of at least 4 members (excludes halogenated alkanes) is 4. The van der Waals surface area contributed by atoms with Crippen LogP contribution in [0.25, 0.3) is 0 Å². The van der Waals surface area contributed by atoms with Gasteiger partial charge in [0.1, 0.15) is 27.3 Å². The van der Waals surface area contributed by atoms with Gasteiger partial charge in [-0.3, -0.25) is 9.59 Å². The van der Waals surface area contributed by atoms with Gasteiger partial charge in [0.15, 0.2) is 5.71 Å². The number of carboxylic acids is 1. The molecule has 2 aromatic carbocycles. The number of carbonyl (C=O) groups is 2. The number of fused-ring (bicyclic) bond motifs is 2. The number of amides is 1. The third-order valence-electron chi connectivity index (χ3n) is 9.85. The fourth-order valence-electron chi connectivity index (χ4n) is 7.01. The number of anilines is 1. The van der Waals surface area contributed by atoms with E-state index in [9.17, 15) is 35.5 Å². The summed E-state index contributed by atoms with van der Waals surface area (Å²) in [5.41, 5.74) is 3.73. The van der Waals surface area contributed by atoms with Crippen LogP contribution in [0.3, 0.4) is 0 Å². The Morgan fingerprint density at radius 3 is 2.08 bits per heavy atom. The maximum Gasteiger partial charge on any atom is 0.303 e. The van der Waals surface area contributed by atoms with E-state index >= 15 is 0 Å². The van der Waals surface area contributed by atoms with E-state index in [0.717, 1.165) is 59.6 Å². The summed E-state index contributed by atoms with van der Waals surface area (Å²) in [6, 6.07) is 8.87. The zero-order chi connectivity index (χ0) is 38.5. The Balaban J connectivity index is 1.46. The minimum absolute atomic E-state index is 0.0367. The molecule has 0 bridgehead atoms. The molecule has 0 unspecified atom stereocenters. The van der Waals surface area contributed by atoms with Crippen molar-refractivity contribution in [3.05, 3.63) is 83.6 Å². The second kappa shape index (κ2) is 16.3. The Labute approximate surface area is 307 Å². The first-order chi connectivity index (χ1) is 24.3. The smallest absolute Gasteiger partial charge is 0.303 e. The quantitative estimate of drug-likeness (QED) is 0.0889. The van der Waals surface area contributed by atoms with E-state index in [1.807, 2.05) is 69.7 Å². The molecule has 0 radical (unpaired) electrons. The van der Waals surface area contributed by atoms with Crippen LogP contribution in [-0.2, 0) is 40.7 Å². The zero-order valence-electron chi connectivity index (χ0n) is 30.3. The van der Waals surface area contributed by atoms with Crippen molar-refractivity contribution in [1.82, 2.24) is 5.32 Å². The Morgan fingerprint density at radius 1 is 0.808 bits per heavy atom. The molecule has 2 aliphatic heterocycles. The highest BCUT2D eigenvalue weighted by Crippen LogP contribution is 2.48. The number of benzene rings is 2. The number of aliphatic carboxylic acids is 1. The van der Waals surface area contributed by atoms with Crippen LogP contribution in [0, 0.1) is 0 Å². The maximum absolute atomic E-state index is 12.3. The summed E-state index contributed by atoms with van der Waals surface area (Å²) < 4.78 is 72.7. The van der Waals surface area contributed by atoms with Crippen LogP contribution >= 0.6 is 0 Å². The van der Waals surface area contributed by atoms with Gasteiger partial charge in [-0.25, -0.2) is 16.8 Å². The van der Waals surface area contributed by atoms with Gasteiger partial charge < -0.3 is 24.4 Å². The third kappa shape index (κ3) is 9.46. The molecule has 0 aromatic heterocycles. The molecule has 0 saturated heterocycles. The summed E-state index contributed by atoms with van der Waals surface area (Å²) in [6.07, 6.45) is 14.4. The molecule has 4 rings (SSSR count). The lowest BCUT2D eigenvalue weighted by atomic mass is 9.81. The van der Waals surface area contributed by atoms with E-state index in [-0.39, 0.29) is 22.1 Å². The van der Waals surface area contributed by atoms with Gasteiger partial charge in [0.05, 0.1) is 15.2 Å². The van der Waals surface area contributed by atoms with Crippen molar-refractivity contribution in [1.29, 1.82) is 0 Å². The third-order valence-corrected chi connectivity index (χ3v) is 11.5. The lowest BCUT2D eigenvalue weighted by molar-refractivity contribution is -0.401. The molecular weight excluding hydrogens is 707 g/mol. The van der Waals surface area contributed by atoms with Gasteiger partial charge >= 0.3 is 5.97 Å². The second-order valence-corrected chi connectivity index (χ2v) is 17.0. The van der Waals surface area contributed by atoms with Crippen molar-refractivity contribution in [2.75, 3.05) is 25.0 Å². The van der Waals surface area contributed by atoms with Crippen molar-refractivity contribution in [3.8, 4) is 0 Å². The zero-order valence-corrected chi connectivity index (χ0v) is 32.0. The van der Waals surface area contributed by atoms with Crippen LogP contribution < -0.4 is 10.2 Å². The molecule has 14 heteroatoms. The highest BCUT2D eigenvalue weighted by Gasteiger charge is 2.43. The van der Waals surface area contributed by atoms with Gasteiger partial charge in [-0.05, 0) is 81.5 Å².